The predicted molar refractivity (Wildman–Crippen MR) is 87.3 cm³/mol. The van der Waals surface area contributed by atoms with E-state index in [1.165, 1.54) is 4.90 Å². The molecule has 1 amide bonds. The first-order valence-corrected chi connectivity index (χ1v) is 7.95. The van der Waals surface area contributed by atoms with E-state index in [1.54, 1.807) is 6.92 Å². The lowest BCUT2D eigenvalue weighted by Gasteiger charge is -2.32. The van der Waals surface area contributed by atoms with E-state index in [9.17, 15) is 9.59 Å². The SMILES string of the molecule is CCOC(=O)CN(C(=O)CN1CCOC(C)C1)c1ccccc1. The summed E-state index contributed by atoms with van der Waals surface area (Å²) in [6, 6.07) is 9.20. The van der Waals surface area contributed by atoms with Crippen LogP contribution in [0.1, 0.15) is 13.8 Å². The minimum absolute atomic E-state index is 0.0728. The number of amides is 1. The molecule has 23 heavy (non-hydrogen) atoms. The molecule has 0 bridgehead atoms. The molecule has 1 heterocycles. The lowest BCUT2D eigenvalue weighted by molar-refractivity contribution is -0.142. The van der Waals surface area contributed by atoms with E-state index in [-0.39, 0.29) is 25.1 Å². The van der Waals surface area contributed by atoms with E-state index < -0.39 is 5.97 Å². The van der Waals surface area contributed by atoms with Crippen molar-refractivity contribution in [2.24, 2.45) is 0 Å². The Bertz CT molecular complexity index is 521. The Kier molecular flexibility index (Phi) is 6.55. The Labute approximate surface area is 137 Å². The van der Waals surface area contributed by atoms with Crippen molar-refractivity contribution in [3.63, 3.8) is 0 Å². The summed E-state index contributed by atoms with van der Waals surface area (Å²) in [7, 11) is 0. The molecular weight excluding hydrogens is 296 g/mol. The van der Waals surface area contributed by atoms with Crippen molar-refractivity contribution in [3.8, 4) is 0 Å². The topological polar surface area (TPSA) is 59.1 Å². The molecule has 0 saturated carbocycles. The van der Waals surface area contributed by atoms with Gasteiger partial charge in [-0.25, -0.2) is 0 Å². The first-order valence-electron chi connectivity index (χ1n) is 7.95. The van der Waals surface area contributed by atoms with Gasteiger partial charge in [-0.1, -0.05) is 18.2 Å². The van der Waals surface area contributed by atoms with E-state index in [0.29, 0.717) is 25.4 Å². The number of morpholine rings is 1. The van der Waals surface area contributed by atoms with Gasteiger partial charge in [0.1, 0.15) is 6.54 Å². The van der Waals surface area contributed by atoms with Crippen molar-refractivity contribution in [2.75, 3.05) is 44.3 Å². The van der Waals surface area contributed by atoms with Crippen molar-refractivity contribution in [1.82, 2.24) is 4.90 Å². The molecule has 0 aromatic heterocycles. The monoisotopic (exact) mass is 320 g/mol. The highest BCUT2D eigenvalue weighted by Crippen LogP contribution is 2.15. The number of hydrogen-bond acceptors (Lipinski definition) is 5. The number of para-hydroxylation sites is 1. The first kappa shape index (κ1) is 17.4. The van der Waals surface area contributed by atoms with Gasteiger partial charge in [-0.3, -0.25) is 14.5 Å². The van der Waals surface area contributed by atoms with Crippen LogP contribution in [-0.2, 0) is 19.1 Å². The number of rotatable bonds is 6. The molecule has 1 saturated heterocycles. The van der Waals surface area contributed by atoms with Gasteiger partial charge in [0.25, 0.3) is 0 Å². The molecular formula is C17H24N2O4. The molecule has 0 radical (unpaired) electrons. The fourth-order valence-corrected chi connectivity index (χ4v) is 2.58. The molecule has 1 aromatic carbocycles. The van der Waals surface area contributed by atoms with E-state index in [0.717, 1.165) is 6.54 Å². The summed E-state index contributed by atoms with van der Waals surface area (Å²) in [6.07, 6.45) is 0.117. The van der Waals surface area contributed by atoms with Crippen molar-refractivity contribution >= 4 is 17.6 Å². The number of hydrogen-bond donors (Lipinski definition) is 0. The molecule has 6 nitrogen and oxygen atoms in total. The molecule has 0 N–H and O–H groups in total. The number of esters is 1. The first-order chi connectivity index (χ1) is 11.1. The van der Waals surface area contributed by atoms with Crippen molar-refractivity contribution in [2.45, 2.75) is 20.0 Å². The van der Waals surface area contributed by atoms with Gasteiger partial charge in [-0.05, 0) is 26.0 Å². The zero-order valence-corrected chi connectivity index (χ0v) is 13.7. The van der Waals surface area contributed by atoms with Gasteiger partial charge in [0.05, 0.1) is 25.9 Å². The average Bonchev–Trinajstić information content (AvgIpc) is 2.53. The third-order valence-corrected chi connectivity index (χ3v) is 3.65. The zero-order valence-electron chi connectivity index (χ0n) is 13.7. The molecule has 0 spiro atoms. The largest absolute Gasteiger partial charge is 0.465 e. The fraction of sp³-hybridized carbons (Fsp3) is 0.529. The summed E-state index contributed by atoms with van der Waals surface area (Å²) in [4.78, 5) is 28.1. The Hall–Kier alpha value is -1.92. The standard InChI is InChI=1S/C17H24N2O4/c1-3-22-17(21)13-19(15-7-5-4-6-8-15)16(20)12-18-9-10-23-14(2)11-18/h4-8,14H,3,9-13H2,1-2H3. The second-order valence-electron chi connectivity index (χ2n) is 5.54. The molecule has 1 aliphatic rings. The summed E-state index contributed by atoms with van der Waals surface area (Å²) < 4.78 is 10.5. The highest BCUT2D eigenvalue weighted by molar-refractivity contribution is 5.98. The molecule has 2 rings (SSSR count). The predicted octanol–water partition coefficient (Wildman–Crippen LogP) is 1.30. The van der Waals surface area contributed by atoms with Crippen LogP contribution in [0.15, 0.2) is 30.3 Å². The van der Waals surface area contributed by atoms with Crippen LogP contribution in [0.2, 0.25) is 0 Å². The van der Waals surface area contributed by atoms with Gasteiger partial charge in [-0.15, -0.1) is 0 Å². The van der Waals surface area contributed by atoms with Crippen LogP contribution in [-0.4, -0.2) is 62.3 Å². The van der Waals surface area contributed by atoms with Gasteiger partial charge in [0, 0.05) is 18.8 Å². The number of nitrogens with zero attached hydrogens (tertiary/aromatic N) is 2. The van der Waals surface area contributed by atoms with Crippen LogP contribution in [0.5, 0.6) is 0 Å². The van der Waals surface area contributed by atoms with Crippen molar-refractivity contribution < 1.29 is 19.1 Å². The van der Waals surface area contributed by atoms with Crippen LogP contribution in [0.4, 0.5) is 5.69 Å². The Morgan fingerprint density at radius 3 is 2.74 bits per heavy atom. The number of anilines is 1. The molecule has 0 aliphatic carbocycles. The van der Waals surface area contributed by atoms with Gasteiger partial charge in [-0.2, -0.15) is 0 Å². The maximum absolute atomic E-state index is 12.7. The van der Waals surface area contributed by atoms with Crippen LogP contribution in [0.3, 0.4) is 0 Å². The smallest absolute Gasteiger partial charge is 0.326 e. The van der Waals surface area contributed by atoms with E-state index in [2.05, 4.69) is 4.90 Å². The van der Waals surface area contributed by atoms with Gasteiger partial charge in [0.2, 0.25) is 5.91 Å². The van der Waals surface area contributed by atoms with E-state index in [1.807, 2.05) is 37.3 Å². The fourth-order valence-electron chi connectivity index (χ4n) is 2.58. The molecule has 1 aromatic rings. The minimum atomic E-state index is -0.403. The average molecular weight is 320 g/mol. The third kappa shape index (κ3) is 5.33. The van der Waals surface area contributed by atoms with Crippen LogP contribution in [0.25, 0.3) is 0 Å². The lowest BCUT2D eigenvalue weighted by atomic mass is 10.2. The maximum Gasteiger partial charge on any atom is 0.326 e. The maximum atomic E-state index is 12.7. The van der Waals surface area contributed by atoms with Gasteiger partial charge >= 0.3 is 5.97 Å². The molecule has 126 valence electrons. The van der Waals surface area contributed by atoms with Gasteiger partial charge in [0.15, 0.2) is 0 Å². The Morgan fingerprint density at radius 2 is 2.09 bits per heavy atom. The van der Waals surface area contributed by atoms with E-state index >= 15 is 0 Å². The molecule has 6 heteroatoms. The highest BCUT2D eigenvalue weighted by Gasteiger charge is 2.24. The number of ether oxygens (including phenoxy) is 2. The molecule has 1 unspecified atom stereocenters. The Balaban J connectivity index is 2.06. The number of carbonyl (C=O) groups is 2. The zero-order chi connectivity index (χ0) is 16.7. The molecule has 1 fully saturated rings. The quantitative estimate of drug-likeness (QED) is 0.740. The second-order valence-corrected chi connectivity index (χ2v) is 5.54. The number of carbonyl (C=O) groups excluding carboxylic acids is 2. The highest BCUT2D eigenvalue weighted by atomic mass is 16.5. The summed E-state index contributed by atoms with van der Waals surface area (Å²) in [5, 5.41) is 0. The third-order valence-electron chi connectivity index (χ3n) is 3.65. The van der Waals surface area contributed by atoms with Crippen molar-refractivity contribution in [1.29, 1.82) is 0 Å². The van der Waals surface area contributed by atoms with Gasteiger partial charge < -0.3 is 14.4 Å². The molecule has 1 aliphatic heterocycles. The van der Waals surface area contributed by atoms with Crippen molar-refractivity contribution in [3.05, 3.63) is 30.3 Å². The summed E-state index contributed by atoms with van der Waals surface area (Å²) in [6.45, 7) is 6.30. The Morgan fingerprint density at radius 1 is 1.35 bits per heavy atom. The number of benzene rings is 1. The summed E-state index contributed by atoms with van der Waals surface area (Å²) >= 11 is 0. The van der Waals surface area contributed by atoms with Crippen LogP contribution >= 0.6 is 0 Å². The molecule has 1 atom stereocenters. The minimum Gasteiger partial charge on any atom is -0.465 e. The lowest BCUT2D eigenvalue weighted by Crippen LogP contribution is -2.48. The van der Waals surface area contributed by atoms with Crippen LogP contribution in [0, 0.1) is 0 Å². The summed E-state index contributed by atoms with van der Waals surface area (Å²) in [5.74, 6) is -0.515. The van der Waals surface area contributed by atoms with E-state index in [4.69, 9.17) is 9.47 Å². The van der Waals surface area contributed by atoms with Crippen LogP contribution < -0.4 is 4.90 Å². The normalized spacial score (nSPS) is 18.4. The summed E-state index contributed by atoms with van der Waals surface area (Å²) in [5.41, 5.74) is 0.701. The second kappa shape index (κ2) is 8.64.